The second-order valence-corrected chi connectivity index (χ2v) is 5.23. The highest BCUT2D eigenvalue weighted by atomic mass is 16.4. The lowest BCUT2D eigenvalue weighted by Gasteiger charge is -2.17. The van der Waals surface area contributed by atoms with Crippen molar-refractivity contribution in [1.29, 1.82) is 0 Å². The molecule has 2 amide bonds. The molecule has 1 aliphatic heterocycles. The Morgan fingerprint density at radius 1 is 1.38 bits per heavy atom. The quantitative estimate of drug-likeness (QED) is 0.837. The van der Waals surface area contributed by atoms with E-state index >= 15 is 0 Å². The molecule has 1 unspecified atom stereocenters. The Hall–Kier alpha value is -2.30. The van der Waals surface area contributed by atoms with Crippen molar-refractivity contribution >= 4 is 23.8 Å². The number of benzene rings is 1. The van der Waals surface area contributed by atoms with Gasteiger partial charge in [0, 0.05) is 24.9 Å². The minimum absolute atomic E-state index is 0.0696. The van der Waals surface area contributed by atoms with Crippen molar-refractivity contribution in [2.75, 3.05) is 18.4 Å². The third-order valence-corrected chi connectivity index (χ3v) is 3.73. The molecule has 1 aliphatic rings. The molecular weight excluding hydrogens is 268 g/mol. The first-order valence-electron chi connectivity index (χ1n) is 7.15. The van der Waals surface area contributed by atoms with Gasteiger partial charge in [0.2, 0.25) is 0 Å². The molecule has 1 aromatic rings. The number of nitrogens with one attached hydrogen (secondary N) is 1. The van der Waals surface area contributed by atoms with Gasteiger partial charge in [0.25, 0.3) is 0 Å². The number of aliphatic carboxylic acids is 1. The van der Waals surface area contributed by atoms with E-state index in [1.165, 1.54) is 6.08 Å². The van der Waals surface area contributed by atoms with Crippen LogP contribution in [-0.2, 0) is 4.79 Å². The number of carbonyl (C=O) groups is 2. The lowest BCUT2D eigenvalue weighted by Crippen LogP contribution is -2.32. The van der Waals surface area contributed by atoms with E-state index in [1.807, 2.05) is 4.90 Å². The average Bonchev–Trinajstić information content (AvgIpc) is 2.95. The molecule has 2 rings (SSSR count). The van der Waals surface area contributed by atoms with Gasteiger partial charge in [-0.1, -0.05) is 25.5 Å². The fourth-order valence-corrected chi connectivity index (χ4v) is 2.40. The highest BCUT2D eigenvalue weighted by Gasteiger charge is 2.24. The molecule has 1 heterocycles. The number of amides is 2. The Morgan fingerprint density at radius 2 is 2.10 bits per heavy atom. The monoisotopic (exact) mass is 288 g/mol. The van der Waals surface area contributed by atoms with E-state index in [1.54, 1.807) is 24.3 Å². The van der Waals surface area contributed by atoms with Gasteiger partial charge >= 0.3 is 12.0 Å². The Kier molecular flexibility index (Phi) is 4.98. The largest absolute Gasteiger partial charge is 0.478 e. The summed E-state index contributed by atoms with van der Waals surface area (Å²) in [6.07, 6.45) is 4.78. The summed E-state index contributed by atoms with van der Waals surface area (Å²) >= 11 is 0. The summed E-state index contributed by atoms with van der Waals surface area (Å²) < 4.78 is 0. The Morgan fingerprint density at radius 3 is 2.67 bits per heavy atom. The summed E-state index contributed by atoms with van der Waals surface area (Å²) in [7, 11) is 0. The zero-order valence-corrected chi connectivity index (χ0v) is 12.1. The van der Waals surface area contributed by atoms with Crippen LogP contribution in [0.4, 0.5) is 10.5 Å². The van der Waals surface area contributed by atoms with E-state index in [4.69, 9.17) is 5.11 Å². The number of hydrogen-bond donors (Lipinski definition) is 2. The van der Waals surface area contributed by atoms with Crippen LogP contribution in [0.2, 0.25) is 0 Å². The highest BCUT2D eigenvalue weighted by molar-refractivity contribution is 5.90. The van der Waals surface area contributed by atoms with Gasteiger partial charge in [-0.05, 0) is 36.1 Å². The normalized spacial score (nSPS) is 18.1. The van der Waals surface area contributed by atoms with E-state index in [0.717, 1.165) is 37.6 Å². The summed E-state index contributed by atoms with van der Waals surface area (Å²) in [5.41, 5.74) is 1.50. The second-order valence-electron chi connectivity index (χ2n) is 5.23. The van der Waals surface area contributed by atoms with E-state index < -0.39 is 5.97 Å². The molecule has 0 spiro atoms. The molecule has 0 aromatic heterocycles. The van der Waals surface area contributed by atoms with Crippen LogP contribution >= 0.6 is 0 Å². The molecule has 0 saturated carbocycles. The number of carboxylic acids is 1. The number of rotatable bonds is 4. The summed E-state index contributed by atoms with van der Waals surface area (Å²) in [4.78, 5) is 24.4. The minimum Gasteiger partial charge on any atom is -0.478 e. The maximum atomic E-state index is 12.1. The molecule has 5 heteroatoms. The van der Waals surface area contributed by atoms with Crippen LogP contribution in [0.1, 0.15) is 25.3 Å². The SMILES string of the molecule is CCC1CCN(C(=O)Nc2ccc(/C=C/C(=O)O)cc2)C1. The van der Waals surface area contributed by atoms with Crippen molar-refractivity contribution in [3.05, 3.63) is 35.9 Å². The fourth-order valence-electron chi connectivity index (χ4n) is 2.40. The Labute approximate surface area is 124 Å². The predicted molar refractivity (Wildman–Crippen MR) is 82.1 cm³/mol. The van der Waals surface area contributed by atoms with Crippen LogP contribution in [0.5, 0.6) is 0 Å². The Balaban J connectivity index is 1.91. The lowest BCUT2D eigenvalue weighted by molar-refractivity contribution is -0.131. The fraction of sp³-hybridized carbons (Fsp3) is 0.375. The van der Waals surface area contributed by atoms with Crippen molar-refractivity contribution in [2.24, 2.45) is 5.92 Å². The van der Waals surface area contributed by atoms with Crippen molar-refractivity contribution in [3.63, 3.8) is 0 Å². The van der Waals surface area contributed by atoms with Gasteiger partial charge in [0.05, 0.1) is 0 Å². The standard InChI is InChI=1S/C16H20N2O3/c1-2-12-9-10-18(11-12)16(21)17-14-6-3-13(4-7-14)5-8-15(19)20/h3-8,12H,2,9-11H2,1H3,(H,17,21)(H,19,20)/b8-5+. The number of carboxylic acid groups (broad SMARTS) is 1. The van der Waals surface area contributed by atoms with E-state index in [0.29, 0.717) is 11.6 Å². The molecule has 21 heavy (non-hydrogen) atoms. The van der Waals surface area contributed by atoms with Gasteiger partial charge in [-0.25, -0.2) is 9.59 Å². The first kappa shape index (κ1) is 15.1. The zero-order valence-electron chi connectivity index (χ0n) is 12.1. The smallest absolute Gasteiger partial charge is 0.328 e. The molecule has 1 fully saturated rings. The maximum absolute atomic E-state index is 12.1. The number of carbonyl (C=O) groups excluding carboxylic acids is 1. The number of likely N-dealkylation sites (tertiary alicyclic amines) is 1. The van der Waals surface area contributed by atoms with Crippen molar-refractivity contribution in [3.8, 4) is 0 Å². The van der Waals surface area contributed by atoms with Gasteiger partial charge in [0.15, 0.2) is 0 Å². The molecule has 1 aromatic carbocycles. The number of urea groups is 1. The molecular formula is C16H20N2O3. The Bertz CT molecular complexity index is 537. The first-order chi connectivity index (χ1) is 10.1. The van der Waals surface area contributed by atoms with E-state index in [2.05, 4.69) is 12.2 Å². The molecule has 0 radical (unpaired) electrons. The van der Waals surface area contributed by atoms with Crippen LogP contribution in [0, 0.1) is 5.92 Å². The van der Waals surface area contributed by atoms with Gasteiger partial charge < -0.3 is 15.3 Å². The third-order valence-electron chi connectivity index (χ3n) is 3.73. The summed E-state index contributed by atoms with van der Waals surface area (Å²) in [5, 5.41) is 11.4. The van der Waals surface area contributed by atoms with Gasteiger partial charge in [-0.3, -0.25) is 0 Å². The summed E-state index contributed by atoms with van der Waals surface area (Å²) in [6.45, 7) is 3.78. The van der Waals surface area contributed by atoms with Gasteiger partial charge in [-0.15, -0.1) is 0 Å². The van der Waals surface area contributed by atoms with Crippen LogP contribution < -0.4 is 5.32 Å². The molecule has 1 atom stereocenters. The van der Waals surface area contributed by atoms with Gasteiger partial charge in [0.1, 0.15) is 0 Å². The summed E-state index contributed by atoms with van der Waals surface area (Å²) in [6, 6.07) is 7.02. The molecule has 112 valence electrons. The molecule has 5 nitrogen and oxygen atoms in total. The maximum Gasteiger partial charge on any atom is 0.328 e. The number of anilines is 1. The third kappa shape index (κ3) is 4.34. The molecule has 1 saturated heterocycles. The summed E-state index contributed by atoms with van der Waals surface area (Å²) in [5.74, 6) is -0.369. The van der Waals surface area contributed by atoms with E-state index in [-0.39, 0.29) is 6.03 Å². The van der Waals surface area contributed by atoms with E-state index in [9.17, 15) is 9.59 Å². The molecule has 2 N–H and O–H groups in total. The van der Waals surface area contributed by atoms with Crippen molar-refractivity contribution in [1.82, 2.24) is 4.90 Å². The second kappa shape index (κ2) is 6.92. The zero-order chi connectivity index (χ0) is 15.2. The number of nitrogens with zero attached hydrogens (tertiary/aromatic N) is 1. The number of hydrogen-bond acceptors (Lipinski definition) is 2. The van der Waals surface area contributed by atoms with Gasteiger partial charge in [-0.2, -0.15) is 0 Å². The first-order valence-corrected chi connectivity index (χ1v) is 7.15. The van der Waals surface area contributed by atoms with Crippen LogP contribution in [0.25, 0.3) is 6.08 Å². The average molecular weight is 288 g/mol. The lowest BCUT2D eigenvalue weighted by atomic mass is 10.1. The van der Waals surface area contributed by atoms with Crippen LogP contribution in [-0.4, -0.2) is 35.1 Å². The van der Waals surface area contributed by atoms with Crippen LogP contribution in [0.15, 0.2) is 30.3 Å². The highest BCUT2D eigenvalue weighted by Crippen LogP contribution is 2.20. The molecule has 0 bridgehead atoms. The molecule has 0 aliphatic carbocycles. The van der Waals surface area contributed by atoms with Crippen molar-refractivity contribution in [2.45, 2.75) is 19.8 Å². The van der Waals surface area contributed by atoms with Crippen molar-refractivity contribution < 1.29 is 14.7 Å². The minimum atomic E-state index is -0.980. The van der Waals surface area contributed by atoms with Crippen LogP contribution in [0.3, 0.4) is 0 Å². The predicted octanol–water partition coefficient (Wildman–Crippen LogP) is 3.05. The topological polar surface area (TPSA) is 69.6 Å².